The number of nitrogens with one attached hydrogen (secondary N) is 2. The third-order valence-electron chi connectivity index (χ3n) is 4.23. The molecule has 0 radical (unpaired) electrons. The first-order chi connectivity index (χ1) is 12.3. The van der Waals surface area contributed by atoms with Crippen molar-refractivity contribution < 1.29 is 4.74 Å². The molecule has 0 aliphatic heterocycles. The van der Waals surface area contributed by atoms with Gasteiger partial charge in [0.25, 0.3) is 0 Å². The molecule has 0 bridgehead atoms. The maximum Gasteiger partial charge on any atom is 0.170 e. The van der Waals surface area contributed by atoms with Crippen LogP contribution in [0.5, 0.6) is 5.75 Å². The summed E-state index contributed by atoms with van der Waals surface area (Å²) < 4.78 is 5.66. The highest BCUT2D eigenvalue weighted by Gasteiger charge is 2.23. The number of benzene rings is 2. The van der Waals surface area contributed by atoms with Gasteiger partial charge in [0.1, 0.15) is 5.75 Å². The Kier molecular flexibility index (Phi) is 7.04. The van der Waals surface area contributed by atoms with Gasteiger partial charge in [0.2, 0.25) is 0 Å². The molecule has 0 fully saturated rings. The van der Waals surface area contributed by atoms with Gasteiger partial charge in [0.15, 0.2) is 5.11 Å². The van der Waals surface area contributed by atoms with E-state index in [2.05, 4.69) is 61.7 Å². The van der Waals surface area contributed by atoms with Gasteiger partial charge in [-0.2, -0.15) is 0 Å². The quantitative estimate of drug-likeness (QED) is 0.629. The second-order valence-corrected chi connectivity index (χ2v) is 8.05. The Morgan fingerprint density at radius 1 is 1.00 bits per heavy atom. The monoisotopic (exact) mass is 370 g/mol. The number of anilines is 1. The summed E-state index contributed by atoms with van der Waals surface area (Å²) in [6.07, 6.45) is 1.16. The molecule has 0 unspecified atom stereocenters. The maximum absolute atomic E-state index is 5.66. The van der Waals surface area contributed by atoms with Crippen LogP contribution in [0.4, 0.5) is 5.69 Å². The number of thiocarbonyl (C=S) groups is 1. The van der Waals surface area contributed by atoms with E-state index in [1.807, 2.05) is 38.1 Å². The van der Waals surface area contributed by atoms with Crippen molar-refractivity contribution in [3.8, 4) is 5.75 Å². The summed E-state index contributed by atoms with van der Waals surface area (Å²) >= 11 is 5.47. The van der Waals surface area contributed by atoms with E-state index in [1.54, 1.807) is 0 Å². The summed E-state index contributed by atoms with van der Waals surface area (Å²) in [4.78, 5) is 0. The Labute approximate surface area is 163 Å². The Morgan fingerprint density at radius 2 is 1.62 bits per heavy atom. The fourth-order valence-electron chi connectivity index (χ4n) is 3.10. The first kappa shape index (κ1) is 20.2. The van der Waals surface area contributed by atoms with Crippen LogP contribution in [0.1, 0.15) is 46.6 Å². The van der Waals surface area contributed by atoms with Crippen molar-refractivity contribution in [2.45, 2.75) is 58.6 Å². The van der Waals surface area contributed by atoms with Crippen LogP contribution in [-0.2, 0) is 5.41 Å². The second kappa shape index (κ2) is 9.04. The Hall–Kier alpha value is -2.07. The topological polar surface area (TPSA) is 33.3 Å². The number of rotatable bonds is 7. The van der Waals surface area contributed by atoms with Crippen molar-refractivity contribution in [2.75, 3.05) is 5.32 Å². The van der Waals surface area contributed by atoms with E-state index in [0.29, 0.717) is 5.11 Å². The first-order valence-electron chi connectivity index (χ1n) is 9.16. The predicted molar refractivity (Wildman–Crippen MR) is 115 cm³/mol. The van der Waals surface area contributed by atoms with Crippen LogP contribution in [0, 0.1) is 0 Å². The Bertz CT molecular complexity index is 696. The van der Waals surface area contributed by atoms with Crippen LogP contribution < -0.4 is 15.4 Å². The van der Waals surface area contributed by atoms with Gasteiger partial charge in [-0.1, -0.05) is 44.2 Å². The van der Waals surface area contributed by atoms with Gasteiger partial charge in [-0.3, -0.25) is 0 Å². The standard InChI is InChI=1S/C22H30N2OS/c1-16(2)25-20-13-11-19(12-14-20)24-21(26)23-17(3)15-22(4,5)18-9-7-6-8-10-18/h6-14,16-17H,15H2,1-5H3,(H2,23,24,26)/t17-/m0/s1. The smallest absolute Gasteiger partial charge is 0.170 e. The van der Waals surface area contributed by atoms with E-state index >= 15 is 0 Å². The predicted octanol–water partition coefficient (Wildman–Crippen LogP) is 5.52. The van der Waals surface area contributed by atoms with Gasteiger partial charge in [-0.25, -0.2) is 0 Å². The highest BCUT2D eigenvalue weighted by atomic mass is 32.1. The lowest BCUT2D eigenvalue weighted by atomic mass is 9.79. The molecule has 3 nitrogen and oxygen atoms in total. The lowest BCUT2D eigenvalue weighted by Crippen LogP contribution is -2.39. The molecule has 26 heavy (non-hydrogen) atoms. The van der Waals surface area contributed by atoms with E-state index in [0.717, 1.165) is 17.9 Å². The molecule has 2 aromatic rings. The highest BCUT2D eigenvalue weighted by molar-refractivity contribution is 7.80. The van der Waals surface area contributed by atoms with Crippen molar-refractivity contribution in [3.05, 3.63) is 60.2 Å². The minimum absolute atomic E-state index is 0.0825. The number of hydrogen-bond donors (Lipinski definition) is 2. The molecule has 0 aromatic heterocycles. The molecule has 0 aliphatic carbocycles. The van der Waals surface area contributed by atoms with E-state index in [9.17, 15) is 0 Å². The SMILES string of the molecule is CC(C)Oc1ccc(NC(=S)N[C@@H](C)CC(C)(C)c2ccccc2)cc1. The van der Waals surface area contributed by atoms with Crippen LogP contribution in [0.3, 0.4) is 0 Å². The fraction of sp³-hybridized carbons (Fsp3) is 0.409. The van der Waals surface area contributed by atoms with Crippen LogP contribution in [-0.4, -0.2) is 17.3 Å². The third kappa shape index (κ3) is 6.34. The van der Waals surface area contributed by atoms with Crippen LogP contribution in [0.2, 0.25) is 0 Å². The molecule has 2 aromatic carbocycles. The summed E-state index contributed by atoms with van der Waals surface area (Å²) in [5, 5.41) is 7.27. The summed E-state index contributed by atoms with van der Waals surface area (Å²) in [5.74, 6) is 0.863. The molecule has 4 heteroatoms. The van der Waals surface area contributed by atoms with Crippen molar-refractivity contribution in [1.29, 1.82) is 0 Å². The molecule has 1 atom stereocenters. The lowest BCUT2D eigenvalue weighted by Gasteiger charge is -2.29. The van der Waals surface area contributed by atoms with E-state index in [4.69, 9.17) is 17.0 Å². The van der Waals surface area contributed by atoms with Crippen LogP contribution in [0.15, 0.2) is 54.6 Å². The first-order valence-corrected chi connectivity index (χ1v) is 9.57. The number of hydrogen-bond acceptors (Lipinski definition) is 2. The molecule has 0 spiro atoms. The van der Waals surface area contributed by atoms with Crippen molar-refractivity contribution in [2.24, 2.45) is 0 Å². The molecule has 0 aliphatic rings. The van der Waals surface area contributed by atoms with Gasteiger partial charge in [0.05, 0.1) is 6.10 Å². The fourth-order valence-corrected chi connectivity index (χ4v) is 3.42. The molecule has 2 N–H and O–H groups in total. The van der Waals surface area contributed by atoms with Gasteiger partial charge >= 0.3 is 0 Å². The molecular formula is C22H30N2OS. The summed E-state index contributed by atoms with van der Waals surface area (Å²) in [5.41, 5.74) is 2.38. The Balaban J connectivity index is 1.87. The highest BCUT2D eigenvalue weighted by Crippen LogP contribution is 2.28. The van der Waals surface area contributed by atoms with Crippen molar-refractivity contribution >= 4 is 23.0 Å². The van der Waals surface area contributed by atoms with Crippen molar-refractivity contribution in [1.82, 2.24) is 5.32 Å². The average Bonchev–Trinajstić information content (AvgIpc) is 2.56. The van der Waals surface area contributed by atoms with Gasteiger partial charge in [-0.05, 0) is 74.7 Å². The summed E-state index contributed by atoms with van der Waals surface area (Å²) in [6.45, 7) is 10.7. The van der Waals surface area contributed by atoms with Gasteiger partial charge in [-0.15, -0.1) is 0 Å². The molecule has 2 rings (SSSR count). The third-order valence-corrected chi connectivity index (χ3v) is 4.45. The lowest BCUT2D eigenvalue weighted by molar-refractivity contribution is 0.242. The summed E-state index contributed by atoms with van der Waals surface area (Å²) in [6, 6.07) is 18.7. The van der Waals surface area contributed by atoms with E-state index < -0.39 is 0 Å². The second-order valence-electron chi connectivity index (χ2n) is 7.64. The zero-order valence-electron chi connectivity index (χ0n) is 16.4. The molecule has 0 heterocycles. The Morgan fingerprint density at radius 3 is 2.19 bits per heavy atom. The average molecular weight is 371 g/mol. The zero-order chi connectivity index (χ0) is 19.2. The maximum atomic E-state index is 5.66. The van der Waals surface area contributed by atoms with Crippen LogP contribution in [0.25, 0.3) is 0 Å². The van der Waals surface area contributed by atoms with Gasteiger partial charge in [0, 0.05) is 11.7 Å². The molecule has 0 amide bonds. The zero-order valence-corrected chi connectivity index (χ0v) is 17.2. The van der Waals surface area contributed by atoms with Crippen molar-refractivity contribution in [3.63, 3.8) is 0 Å². The summed E-state index contributed by atoms with van der Waals surface area (Å²) in [7, 11) is 0. The minimum atomic E-state index is 0.0825. The normalized spacial score (nSPS) is 12.5. The molecule has 0 saturated carbocycles. The van der Waals surface area contributed by atoms with Gasteiger partial charge < -0.3 is 15.4 Å². The largest absolute Gasteiger partial charge is 0.491 e. The number of ether oxygens (including phenoxy) is 1. The minimum Gasteiger partial charge on any atom is -0.491 e. The van der Waals surface area contributed by atoms with Crippen LogP contribution >= 0.6 is 12.2 Å². The van der Waals surface area contributed by atoms with E-state index in [1.165, 1.54) is 5.56 Å². The van der Waals surface area contributed by atoms with E-state index in [-0.39, 0.29) is 17.6 Å². The molecule has 0 saturated heterocycles. The molecule has 140 valence electrons. The molecular weight excluding hydrogens is 340 g/mol.